The van der Waals surface area contributed by atoms with Crippen LogP contribution < -0.4 is 5.32 Å². The van der Waals surface area contributed by atoms with Crippen LogP contribution in [0.5, 0.6) is 0 Å². The Morgan fingerprint density at radius 3 is 3.00 bits per heavy atom. The lowest BCUT2D eigenvalue weighted by molar-refractivity contribution is 0.0924. The Balaban J connectivity index is 2.36. The third-order valence-electron chi connectivity index (χ3n) is 2.85. The topological polar surface area (TPSA) is 97.5 Å². The molecule has 0 fully saturated rings. The van der Waals surface area contributed by atoms with Gasteiger partial charge in [0.15, 0.2) is 5.76 Å². The fourth-order valence-electron chi connectivity index (χ4n) is 1.86. The number of carbonyl (C=O) groups excluding carboxylic acids is 1. The molecule has 112 valence electrons. The minimum Gasteiger partial charge on any atom is -0.385 e. The number of nitrogens with one attached hydrogen (secondary N) is 1. The number of aromatic nitrogens is 2. The quantitative estimate of drug-likeness (QED) is 0.775. The van der Waals surface area contributed by atoms with E-state index in [4.69, 9.17) is 9.26 Å². The SMILES string of the molecule is COCCNC(=O)c1c(-c2cccnc2)noc1C(C)O. The van der Waals surface area contributed by atoms with E-state index < -0.39 is 6.10 Å². The monoisotopic (exact) mass is 291 g/mol. The largest absolute Gasteiger partial charge is 0.385 e. The van der Waals surface area contributed by atoms with E-state index in [1.165, 1.54) is 6.92 Å². The highest BCUT2D eigenvalue weighted by Gasteiger charge is 2.26. The lowest BCUT2D eigenvalue weighted by Gasteiger charge is -2.07. The van der Waals surface area contributed by atoms with Gasteiger partial charge in [0, 0.05) is 31.6 Å². The van der Waals surface area contributed by atoms with Crippen molar-refractivity contribution in [3.05, 3.63) is 35.9 Å². The van der Waals surface area contributed by atoms with Crippen molar-refractivity contribution < 1.29 is 19.2 Å². The number of pyridine rings is 1. The average molecular weight is 291 g/mol. The normalized spacial score (nSPS) is 12.1. The number of ether oxygens (including phenoxy) is 1. The second kappa shape index (κ2) is 6.96. The molecule has 1 amide bonds. The molecule has 21 heavy (non-hydrogen) atoms. The summed E-state index contributed by atoms with van der Waals surface area (Å²) in [7, 11) is 1.55. The molecule has 0 aliphatic rings. The predicted molar refractivity (Wildman–Crippen MR) is 74.6 cm³/mol. The summed E-state index contributed by atoms with van der Waals surface area (Å²) in [4.78, 5) is 16.3. The van der Waals surface area contributed by atoms with E-state index >= 15 is 0 Å². The molecule has 1 unspecified atom stereocenters. The molecule has 0 saturated carbocycles. The summed E-state index contributed by atoms with van der Waals surface area (Å²) >= 11 is 0. The van der Waals surface area contributed by atoms with E-state index in [9.17, 15) is 9.90 Å². The van der Waals surface area contributed by atoms with Crippen LogP contribution in [0.25, 0.3) is 11.3 Å². The second-order valence-electron chi connectivity index (χ2n) is 4.44. The van der Waals surface area contributed by atoms with Gasteiger partial charge in [-0.2, -0.15) is 0 Å². The molecule has 0 aliphatic carbocycles. The lowest BCUT2D eigenvalue weighted by Crippen LogP contribution is -2.28. The second-order valence-corrected chi connectivity index (χ2v) is 4.44. The molecule has 0 saturated heterocycles. The number of amides is 1. The lowest BCUT2D eigenvalue weighted by atomic mass is 10.0. The molecule has 2 aromatic heterocycles. The Labute approximate surface area is 121 Å². The van der Waals surface area contributed by atoms with Crippen LogP contribution in [0.2, 0.25) is 0 Å². The van der Waals surface area contributed by atoms with Gasteiger partial charge in [-0.25, -0.2) is 0 Å². The summed E-state index contributed by atoms with van der Waals surface area (Å²) in [6.07, 6.45) is 2.26. The van der Waals surface area contributed by atoms with Crippen LogP contribution >= 0.6 is 0 Å². The van der Waals surface area contributed by atoms with Gasteiger partial charge in [-0.3, -0.25) is 9.78 Å². The zero-order valence-electron chi connectivity index (χ0n) is 11.9. The predicted octanol–water partition coefficient (Wildman–Crippen LogP) is 1.17. The number of carbonyl (C=O) groups is 1. The van der Waals surface area contributed by atoms with Crippen LogP contribution in [0.1, 0.15) is 29.1 Å². The van der Waals surface area contributed by atoms with Gasteiger partial charge < -0.3 is 19.7 Å². The first-order valence-electron chi connectivity index (χ1n) is 6.50. The molecule has 1 atom stereocenters. The Hall–Kier alpha value is -2.25. The maximum Gasteiger partial charge on any atom is 0.257 e. The number of hydrogen-bond donors (Lipinski definition) is 2. The Morgan fingerprint density at radius 2 is 2.38 bits per heavy atom. The van der Waals surface area contributed by atoms with Gasteiger partial charge in [0.1, 0.15) is 17.4 Å². The molecular formula is C14H17N3O4. The minimum atomic E-state index is -0.939. The van der Waals surface area contributed by atoms with Crippen molar-refractivity contribution in [3.8, 4) is 11.3 Å². The first-order valence-corrected chi connectivity index (χ1v) is 6.50. The van der Waals surface area contributed by atoms with Crippen LogP contribution in [0, 0.1) is 0 Å². The smallest absolute Gasteiger partial charge is 0.257 e. The highest BCUT2D eigenvalue weighted by molar-refractivity contribution is 6.00. The molecule has 2 N–H and O–H groups in total. The zero-order chi connectivity index (χ0) is 15.2. The highest BCUT2D eigenvalue weighted by Crippen LogP contribution is 2.28. The number of aliphatic hydroxyl groups is 1. The maximum absolute atomic E-state index is 12.3. The van der Waals surface area contributed by atoms with Crippen LogP contribution in [-0.2, 0) is 4.74 Å². The Morgan fingerprint density at radius 1 is 1.57 bits per heavy atom. The van der Waals surface area contributed by atoms with Crippen molar-refractivity contribution >= 4 is 5.91 Å². The van der Waals surface area contributed by atoms with E-state index in [0.29, 0.717) is 24.4 Å². The minimum absolute atomic E-state index is 0.128. The molecule has 2 aromatic rings. The summed E-state index contributed by atoms with van der Waals surface area (Å²) in [5.74, 6) is -0.244. The van der Waals surface area contributed by atoms with Gasteiger partial charge in [-0.15, -0.1) is 0 Å². The van der Waals surface area contributed by atoms with Crippen LogP contribution in [-0.4, -0.2) is 41.4 Å². The van der Waals surface area contributed by atoms with Gasteiger partial charge in [0.2, 0.25) is 0 Å². The molecule has 0 aliphatic heterocycles. The molecule has 7 heteroatoms. The van der Waals surface area contributed by atoms with Crippen molar-refractivity contribution in [2.24, 2.45) is 0 Å². The molecule has 0 bridgehead atoms. The van der Waals surface area contributed by atoms with Gasteiger partial charge in [0.05, 0.1) is 6.61 Å². The Bertz CT molecular complexity index is 596. The number of aliphatic hydroxyl groups excluding tert-OH is 1. The van der Waals surface area contributed by atoms with E-state index in [0.717, 1.165) is 0 Å². The van der Waals surface area contributed by atoms with Crippen molar-refractivity contribution in [1.29, 1.82) is 0 Å². The number of rotatable bonds is 6. The van der Waals surface area contributed by atoms with E-state index in [1.54, 1.807) is 31.6 Å². The van der Waals surface area contributed by atoms with E-state index in [1.807, 2.05) is 0 Å². The summed E-state index contributed by atoms with van der Waals surface area (Å²) < 4.78 is 10.0. The molecule has 0 aromatic carbocycles. The van der Waals surface area contributed by atoms with Gasteiger partial charge in [-0.1, -0.05) is 5.16 Å². The third kappa shape index (κ3) is 3.45. The number of nitrogens with zero attached hydrogens (tertiary/aromatic N) is 2. The van der Waals surface area contributed by atoms with Crippen LogP contribution in [0.3, 0.4) is 0 Å². The fourth-order valence-corrected chi connectivity index (χ4v) is 1.86. The van der Waals surface area contributed by atoms with Gasteiger partial charge >= 0.3 is 0 Å². The maximum atomic E-state index is 12.3. The molecule has 2 rings (SSSR count). The van der Waals surface area contributed by atoms with Crippen molar-refractivity contribution in [3.63, 3.8) is 0 Å². The summed E-state index contributed by atoms with van der Waals surface area (Å²) in [6, 6.07) is 3.50. The summed E-state index contributed by atoms with van der Waals surface area (Å²) in [5, 5.41) is 16.3. The average Bonchev–Trinajstić information content (AvgIpc) is 2.93. The first-order chi connectivity index (χ1) is 10.1. The number of hydrogen-bond acceptors (Lipinski definition) is 6. The molecule has 0 spiro atoms. The molecule has 7 nitrogen and oxygen atoms in total. The van der Waals surface area contributed by atoms with E-state index in [-0.39, 0.29) is 17.2 Å². The van der Waals surface area contributed by atoms with E-state index in [2.05, 4.69) is 15.5 Å². The molecule has 0 radical (unpaired) electrons. The van der Waals surface area contributed by atoms with Crippen molar-refractivity contribution in [1.82, 2.24) is 15.5 Å². The van der Waals surface area contributed by atoms with Gasteiger partial charge in [-0.05, 0) is 19.1 Å². The summed E-state index contributed by atoms with van der Waals surface area (Å²) in [5.41, 5.74) is 1.22. The highest BCUT2D eigenvalue weighted by atomic mass is 16.5. The first kappa shape index (κ1) is 15.1. The summed E-state index contributed by atoms with van der Waals surface area (Å²) in [6.45, 7) is 2.26. The molecule has 2 heterocycles. The number of methoxy groups -OCH3 is 1. The third-order valence-corrected chi connectivity index (χ3v) is 2.85. The Kier molecular flexibility index (Phi) is 5.02. The van der Waals surface area contributed by atoms with Crippen molar-refractivity contribution in [2.75, 3.05) is 20.3 Å². The fraction of sp³-hybridized carbons (Fsp3) is 0.357. The van der Waals surface area contributed by atoms with Gasteiger partial charge in [0.25, 0.3) is 5.91 Å². The zero-order valence-corrected chi connectivity index (χ0v) is 11.9. The van der Waals surface area contributed by atoms with Crippen LogP contribution in [0.15, 0.2) is 29.0 Å². The van der Waals surface area contributed by atoms with Crippen LogP contribution in [0.4, 0.5) is 0 Å². The molecular weight excluding hydrogens is 274 g/mol. The standard InChI is InChI=1S/C14H17N3O4/c1-9(18)13-11(14(19)16-6-7-20-2)12(17-21-13)10-4-3-5-15-8-10/h3-5,8-9,18H,6-7H2,1-2H3,(H,16,19). The van der Waals surface area contributed by atoms with Crippen molar-refractivity contribution in [2.45, 2.75) is 13.0 Å².